The molecule has 2 unspecified atom stereocenters. The van der Waals surface area contributed by atoms with Gasteiger partial charge in [-0.3, -0.25) is 4.79 Å². The van der Waals surface area contributed by atoms with Gasteiger partial charge in [-0.2, -0.15) is 0 Å². The van der Waals surface area contributed by atoms with Crippen LogP contribution < -0.4 is 0 Å². The molecule has 0 spiro atoms. The molecule has 0 aromatic heterocycles. The minimum Gasteiger partial charge on any atom is -0.413 e. The van der Waals surface area contributed by atoms with Crippen LogP contribution in [0.15, 0.2) is 21.4 Å². The first-order valence-corrected chi connectivity index (χ1v) is 14.3. The highest BCUT2D eigenvalue weighted by Crippen LogP contribution is 2.48. The molecule has 0 N–H and O–H groups in total. The van der Waals surface area contributed by atoms with Crippen molar-refractivity contribution in [1.29, 1.82) is 0 Å². The first kappa shape index (κ1) is 20.5. The molecule has 1 fully saturated rings. The molecule has 0 bridgehead atoms. The predicted molar refractivity (Wildman–Crippen MR) is 113 cm³/mol. The van der Waals surface area contributed by atoms with Crippen LogP contribution in [0, 0.1) is 5.92 Å². The molecular weight excluding hydrogens is 400 g/mol. The maximum Gasteiger partial charge on any atom is 0.192 e. The van der Waals surface area contributed by atoms with E-state index in [0.29, 0.717) is 17.5 Å². The van der Waals surface area contributed by atoms with Crippen LogP contribution in [-0.2, 0) is 9.22 Å². The van der Waals surface area contributed by atoms with Gasteiger partial charge in [-0.25, -0.2) is 0 Å². The average Bonchev–Trinajstić information content (AvgIpc) is 2.92. The third kappa shape index (κ3) is 5.09. The van der Waals surface area contributed by atoms with Gasteiger partial charge in [0.2, 0.25) is 0 Å². The number of carbonyl (C=O) groups excluding carboxylic acids is 1. The Morgan fingerprint density at radius 3 is 2.46 bits per heavy atom. The van der Waals surface area contributed by atoms with Gasteiger partial charge in [0.15, 0.2) is 13.4 Å². The van der Waals surface area contributed by atoms with E-state index in [1.54, 1.807) is 0 Å². The summed E-state index contributed by atoms with van der Waals surface area (Å²) in [4.78, 5) is 12.9. The van der Waals surface area contributed by atoms with E-state index in [-0.39, 0.29) is 11.1 Å². The number of halogens is 1. The molecule has 24 heavy (non-hydrogen) atoms. The van der Waals surface area contributed by atoms with Crippen molar-refractivity contribution in [1.82, 2.24) is 0 Å². The van der Waals surface area contributed by atoms with Crippen LogP contribution in [0.2, 0.25) is 18.1 Å². The molecule has 1 aliphatic heterocycles. The van der Waals surface area contributed by atoms with Crippen molar-refractivity contribution in [3.05, 3.63) is 21.4 Å². The van der Waals surface area contributed by atoms with Gasteiger partial charge < -0.3 is 4.43 Å². The van der Waals surface area contributed by atoms with Gasteiger partial charge in [0.25, 0.3) is 0 Å². The van der Waals surface area contributed by atoms with Crippen molar-refractivity contribution in [2.45, 2.75) is 83.5 Å². The van der Waals surface area contributed by atoms with Gasteiger partial charge in [0, 0.05) is 10.2 Å². The Balaban J connectivity index is 2.12. The second kappa shape index (κ2) is 8.23. The van der Waals surface area contributed by atoms with Gasteiger partial charge in [-0.05, 0) is 64.3 Å². The molecule has 138 valence electrons. The third-order valence-electron chi connectivity index (χ3n) is 5.77. The quantitative estimate of drug-likeness (QED) is 0.389. The predicted octanol–water partition coefficient (Wildman–Crippen LogP) is 6.64. The zero-order chi connectivity index (χ0) is 18.0. The lowest BCUT2D eigenvalue weighted by Crippen LogP contribution is -2.46. The van der Waals surface area contributed by atoms with Crippen LogP contribution >= 0.6 is 26.8 Å². The lowest BCUT2D eigenvalue weighted by atomic mass is 9.84. The Bertz CT molecular complexity index is 516. The van der Waals surface area contributed by atoms with E-state index in [4.69, 9.17) is 4.43 Å². The van der Waals surface area contributed by atoms with Crippen LogP contribution in [0.1, 0.15) is 59.3 Å². The Kier molecular flexibility index (Phi) is 7.02. The van der Waals surface area contributed by atoms with E-state index < -0.39 is 19.2 Å². The maximum absolute atomic E-state index is 12.9. The van der Waals surface area contributed by atoms with Gasteiger partial charge in [-0.1, -0.05) is 46.1 Å². The lowest BCUT2D eigenvalue weighted by Gasteiger charge is -2.42. The Hall–Kier alpha value is 0.157. The molecule has 1 saturated carbocycles. The minimum atomic E-state index is -1.86. The van der Waals surface area contributed by atoms with Gasteiger partial charge >= 0.3 is 0 Å². The Labute approximate surface area is 160 Å². The standard InChI is InChI=1S/C19H33BrO2SSi/c1-19(2,3)24(4,5)22-16(15-10-7-6-8-11-15)14-18(21)23-13-9-12-17(23)20/h9,12-13,15-16,23H,6-8,10-11,14H2,1-5H3. The van der Waals surface area contributed by atoms with E-state index in [1.807, 2.05) is 12.2 Å². The Morgan fingerprint density at radius 2 is 1.96 bits per heavy atom. The number of hydrogen-bond acceptors (Lipinski definition) is 2. The number of thiol groups is 1. The zero-order valence-corrected chi connectivity index (χ0v) is 19.3. The number of rotatable bonds is 5. The summed E-state index contributed by atoms with van der Waals surface area (Å²) in [6.45, 7) is 11.5. The van der Waals surface area contributed by atoms with Crippen LogP contribution in [0.5, 0.6) is 0 Å². The molecular formula is C19H33BrO2SSi. The summed E-state index contributed by atoms with van der Waals surface area (Å²) < 4.78 is 7.83. The largest absolute Gasteiger partial charge is 0.413 e. The van der Waals surface area contributed by atoms with Gasteiger partial charge in [0.05, 0.1) is 6.10 Å². The van der Waals surface area contributed by atoms with Crippen molar-refractivity contribution in [3.63, 3.8) is 0 Å². The van der Waals surface area contributed by atoms with Crippen molar-refractivity contribution >= 4 is 40.3 Å². The highest BCUT2D eigenvalue weighted by Gasteiger charge is 2.41. The molecule has 2 aliphatic rings. The fourth-order valence-corrected chi connectivity index (χ4v) is 7.11. The molecule has 0 aromatic rings. The van der Waals surface area contributed by atoms with Crippen molar-refractivity contribution in [2.75, 3.05) is 0 Å². The first-order valence-electron chi connectivity index (χ1n) is 9.16. The van der Waals surface area contributed by atoms with Crippen molar-refractivity contribution in [2.24, 2.45) is 5.92 Å². The highest BCUT2D eigenvalue weighted by molar-refractivity contribution is 9.14. The Morgan fingerprint density at radius 1 is 1.33 bits per heavy atom. The molecule has 0 radical (unpaired) electrons. The summed E-state index contributed by atoms with van der Waals surface area (Å²) in [7, 11) is -2.66. The second-order valence-electron chi connectivity index (χ2n) is 8.61. The molecule has 0 saturated heterocycles. The molecule has 1 heterocycles. The molecule has 2 nitrogen and oxygen atoms in total. The summed E-state index contributed by atoms with van der Waals surface area (Å²) in [6, 6.07) is 0. The smallest absolute Gasteiger partial charge is 0.192 e. The fourth-order valence-electron chi connectivity index (χ4n) is 3.20. The second-order valence-corrected chi connectivity index (χ2v) is 16.9. The topological polar surface area (TPSA) is 26.3 Å². The van der Waals surface area contributed by atoms with E-state index >= 15 is 0 Å². The van der Waals surface area contributed by atoms with Crippen molar-refractivity contribution < 1.29 is 9.22 Å². The van der Waals surface area contributed by atoms with Crippen LogP contribution in [0.25, 0.3) is 0 Å². The first-order chi connectivity index (χ1) is 11.1. The average molecular weight is 434 g/mol. The molecule has 2 atom stereocenters. The SMILES string of the molecule is CC(C)(C)[Si](C)(C)OC(CC(=O)[SH]1C=CC=C1Br)C1CCCCC1. The summed E-state index contributed by atoms with van der Waals surface area (Å²) in [5.74, 6) is 0.557. The van der Waals surface area contributed by atoms with Crippen LogP contribution in [-0.4, -0.2) is 19.5 Å². The fraction of sp³-hybridized carbons (Fsp3) is 0.737. The molecule has 5 heteroatoms. The lowest BCUT2D eigenvalue weighted by molar-refractivity contribution is -0.113. The summed E-state index contributed by atoms with van der Waals surface area (Å²) in [5.41, 5.74) is 0. The minimum absolute atomic E-state index is 0.107. The normalized spacial score (nSPS) is 25.6. The van der Waals surface area contributed by atoms with E-state index in [1.165, 1.54) is 32.1 Å². The van der Waals surface area contributed by atoms with E-state index in [2.05, 4.69) is 55.2 Å². The zero-order valence-electron chi connectivity index (χ0n) is 15.8. The summed E-state index contributed by atoms with van der Waals surface area (Å²) in [5, 5.41) is 2.60. The van der Waals surface area contributed by atoms with Gasteiger partial charge in [-0.15, -0.1) is 10.9 Å². The maximum atomic E-state index is 12.9. The molecule has 1 aliphatic carbocycles. The molecule has 0 amide bonds. The number of allylic oxidation sites excluding steroid dienone is 2. The molecule has 0 aromatic carbocycles. The summed E-state index contributed by atoms with van der Waals surface area (Å²) in [6.07, 6.45) is 11.0. The number of hydrogen-bond donors (Lipinski definition) is 1. The summed E-state index contributed by atoms with van der Waals surface area (Å²) >= 11 is 3.56. The van der Waals surface area contributed by atoms with Crippen molar-refractivity contribution in [3.8, 4) is 0 Å². The molecule has 2 rings (SSSR count). The third-order valence-corrected chi connectivity index (χ3v) is 13.5. The van der Waals surface area contributed by atoms with Crippen LogP contribution in [0.4, 0.5) is 0 Å². The van der Waals surface area contributed by atoms with E-state index in [9.17, 15) is 4.79 Å². The van der Waals surface area contributed by atoms with Crippen LogP contribution in [0.3, 0.4) is 0 Å². The van der Waals surface area contributed by atoms with Gasteiger partial charge in [0.1, 0.15) is 0 Å². The monoisotopic (exact) mass is 432 g/mol. The highest BCUT2D eigenvalue weighted by atomic mass is 79.9. The number of carbonyl (C=O) groups is 1. The van der Waals surface area contributed by atoms with E-state index in [0.717, 1.165) is 3.81 Å².